The summed E-state index contributed by atoms with van der Waals surface area (Å²) in [5, 5.41) is 4.65. The van der Waals surface area contributed by atoms with Crippen molar-refractivity contribution >= 4 is 43.7 Å². The highest BCUT2D eigenvalue weighted by atomic mass is 16.3. The summed E-state index contributed by atoms with van der Waals surface area (Å²) >= 11 is 0. The van der Waals surface area contributed by atoms with Crippen molar-refractivity contribution in [3.8, 4) is 73.2 Å². The van der Waals surface area contributed by atoms with Crippen molar-refractivity contribution < 1.29 is 4.42 Å². The topological polar surface area (TPSA) is 56.7 Å². The third kappa shape index (κ3) is 5.89. The molecule has 306 valence electrons. The average molecular weight is 833 g/mol. The average Bonchev–Trinajstić information content (AvgIpc) is 3.99. The van der Waals surface area contributed by atoms with E-state index >= 15 is 0 Å². The van der Waals surface area contributed by atoms with Gasteiger partial charge < -0.3 is 8.98 Å². The molecule has 0 aliphatic heterocycles. The van der Waals surface area contributed by atoms with E-state index in [2.05, 4.69) is 188 Å². The number of hydrogen-bond donors (Lipinski definition) is 0. The molecule has 0 saturated heterocycles. The Morgan fingerprint density at radius 3 is 1.71 bits per heavy atom. The van der Waals surface area contributed by atoms with Crippen molar-refractivity contribution in [1.82, 2.24) is 19.5 Å². The second-order valence-corrected chi connectivity index (χ2v) is 17.6. The Morgan fingerprint density at radius 2 is 0.938 bits per heavy atom. The van der Waals surface area contributed by atoms with Gasteiger partial charge in [-0.1, -0.05) is 166 Å². The number of rotatable bonds is 6. The number of furan rings is 1. The monoisotopic (exact) mass is 832 g/mol. The number of aromatic nitrogens is 4. The van der Waals surface area contributed by atoms with Gasteiger partial charge in [-0.2, -0.15) is 0 Å². The van der Waals surface area contributed by atoms with Crippen LogP contribution in [0.3, 0.4) is 0 Å². The molecule has 0 radical (unpaired) electrons. The molecule has 5 heteroatoms. The van der Waals surface area contributed by atoms with Gasteiger partial charge in [0.15, 0.2) is 17.5 Å². The highest BCUT2D eigenvalue weighted by Gasteiger charge is 2.38. The molecular formula is C60H40N4O. The van der Waals surface area contributed by atoms with Gasteiger partial charge in [0.25, 0.3) is 0 Å². The maximum Gasteiger partial charge on any atom is 0.164 e. The zero-order valence-corrected chi connectivity index (χ0v) is 35.8. The Morgan fingerprint density at radius 1 is 0.385 bits per heavy atom. The normalized spacial score (nSPS) is 12.9. The van der Waals surface area contributed by atoms with Crippen molar-refractivity contribution in [2.24, 2.45) is 0 Å². The second-order valence-electron chi connectivity index (χ2n) is 17.6. The van der Waals surface area contributed by atoms with Crippen LogP contribution in [-0.4, -0.2) is 19.5 Å². The molecule has 0 N–H and O–H groups in total. The molecule has 0 amide bonds. The fraction of sp³-hybridized carbons (Fsp3) is 0.0500. The van der Waals surface area contributed by atoms with Crippen molar-refractivity contribution in [1.29, 1.82) is 0 Å². The lowest BCUT2D eigenvalue weighted by Crippen LogP contribution is -2.15. The first-order chi connectivity index (χ1) is 32.0. The van der Waals surface area contributed by atoms with Crippen molar-refractivity contribution in [2.75, 3.05) is 0 Å². The molecule has 9 aromatic carbocycles. The Kier molecular flexibility index (Phi) is 8.18. The quantitative estimate of drug-likeness (QED) is 0.167. The molecule has 0 atom stereocenters. The number of hydrogen-bond acceptors (Lipinski definition) is 4. The van der Waals surface area contributed by atoms with Gasteiger partial charge in [-0.3, -0.25) is 0 Å². The molecule has 0 bridgehead atoms. The predicted octanol–water partition coefficient (Wildman–Crippen LogP) is 15.5. The van der Waals surface area contributed by atoms with Crippen LogP contribution in [0.1, 0.15) is 25.0 Å². The fourth-order valence-electron chi connectivity index (χ4n) is 10.3. The van der Waals surface area contributed by atoms with Gasteiger partial charge in [0.2, 0.25) is 0 Å². The lowest BCUT2D eigenvalue weighted by atomic mass is 9.80. The molecule has 1 aliphatic carbocycles. The van der Waals surface area contributed by atoms with Crippen LogP contribution in [0.25, 0.3) is 117 Å². The largest absolute Gasteiger partial charge is 0.456 e. The zero-order chi connectivity index (χ0) is 43.2. The highest BCUT2D eigenvalue weighted by molar-refractivity contribution is 6.14. The summed E-state index contributed by atoms with van der Waals surface area (Å²) in [5.41, 5.74) is 17.5. The Bertz CT molecular complexity index is 3860. The highest BCUT2D eigenvalue weighted by Crippen LogP contribution is 2.53. The van der Waals surface area contributed by atoms with Crippen LogP contribution in [0.5, 0.6) is 0 Å². The number of para-hydroxylation sites is 1. The Hall–Kier alpha value is -8.41. The molecule has 5 nitrogen and oxygen atoms in total. The van der Waals surface area contributed by atoms with Crippen LogP contribution in [0, 0.1) is 0 Å². The van der Waals surface area contributed by atoms with Gasteiger partial charge in [0.05, 0.1) is 11.0 Å². The van der Waals surface area contributed by atoms with Crippen LogP contribution in [0.2, 0.25) is 0 Å². The van der Waals surface area contributed by atoms with Gasteiger partial charge >= 0.3 is 0 Å². The first-order valence-electron chi connectivity index (χ1n) is 22.2. The van der Waals surface area contributed by atoms with Gasteiger partial charge in [-0.15, -0.1) is 0 Å². The van der Waals surface area contributed by atoms with Crippen LogP contribution in [-0.2, 0) is 5.41 Å². The van der Waals surface area contributed by atoms with E-state index in [0.717, 1.165) is 61.0 Å². The first kappa shape index (κ1) is 37.2. The standard InChI is InChI=1S/C60H40N4O/c1-60(2)50-25-11-9-23-45(50)48-31-32-52-55(56(48)60)49-24-10-12-26-51(49)64(52)44-22-14-21-42(34-44)58-61-57(38-17-7-4-8-18-38)62-59(63-58)43-28-30-47-46-29-27-41(35-53(46)65-54(47)36-43)40-20-13-19-39(33-40)37-15-5-3-6-16-37/h3-36H,1-2H3. The second kappa shape index (κ2) is 14.3. The smallest absolute Gasteiger partial charge is 0.164 e. The Labute approximate surface area is 376 Å². The molecule has 12 aromatic rings. The van der Waals surface area contributed by atoms with Crippen molar-refractivity contribution in [3.05, 3.63) is 217 Å². The molecule has 1 aliphatic rings. The molecular weight excluding hydrogens is 793 g/mol. The van der Waals surface area contributed by atoms with Crippen LogP contribution in [0.4, 0.5) is 0 Å². The lowest BCUT2D eigenvalue weighted by molar-refractivity contribution is 0.666. The summed E-state index contributed by atoms with van der Waals surface area (Å²) < 4.78 is 9.03. The summed E-state index contributed by atoms with van der Waals surface area (Å²) in [6.07, 6.45) is 0. The summed E-state index contributed by atoms with van der Waals surface area (Å²) in [6.45, 7) is 4.73. The number of nitrogens with zero attached hydrogens (tertiary/aromatic N) is 4. The van der Waals surface area contributed by atoms with Crippen LogP contribution >= 0.6 is 0 Å². The maximum atomic E-state index is 6.63. The minimum absolute atomic E-state index is 0.152. The first-order valence-corrected chi connectivity index (χ1v) is 22.2. The zero-order valence-electron chi connectivity index (χ0n) is 35.8. The van der Waals surface area contributed by atoms with E-state index in [1.165, 1.54) is 49.7 Å². The van der Waals surface area contributed by atoms with E-state index in [1.54, 1.807) is 0 Å². The van der Waals surface area contributed by atoms with Gasteiger partial charge in [-0.25, -0.2) is 15.0 Å². The van der Waals surface area contributed by atoms with E-state index in [9.17, 15) is 0 Å². The molecule has 3 heterocycles. The van der Waals surface area contributed by atoms with Crippen molar-refractivity contribution in [3.63, 3.8) is 0 Å². The van der Waals surface area contributed by atoms with E-state index in [1.807, 2.05) is 36.4 Å². The van der Waals surface area contributed by atoms with Gasteiger partial charge in [-0.05, 0) is 99.1 Å². The molecule has 0 spiro atoms. The summed E-state index contributed by atoms with van der Waals surface area (Å²) in [6, 6.07) is 72.9. The van der Waals surface area contributed by atoms with Gasteiger partial charge in [0, 0.05) is 49.3 Å². The lowest BCUT2D eigenvalue weighted by Gasteiger charge is -2.22. The SMILES string of the molecule is CC1(C)c2ccccc2-c2ccc3c(c21)c1ccccc1n3-c1cccc(-c2nc(-c3ccccc3)nc(-c3ccc4c(c3)oc3cc(-c5cccc(-c6ccccc6)c5)ccc34)n2)c1. The van der Waals surface area contributed by atoms with Crippen LogP contribution in [0.15, 0.2) is 211 Å². The summed E-state index contributed by atoms with van der Waals surface area (Å²) in [4.78, 5) is 15.4. The van der Waals surface area contributed by atoms with E-state index < -0.39 is 0 Å². The van der Waals surface area contributed by atoms with E-state index in [-0.39, 0.29) is 5.41 Å². The van der Waals surface area contributed by atoms with Crippen LogP contribution < -0.4 is 0 Å². The maximum absolute atomic E-state index is 6.63. The minimum atomic E-state index is -0.152. The fourth-order valence-corrected chi connectivity index (χ4v) is 10.3. The molecule has 0 saturated carbocycles. The van der Waals surface area contributed by atoms with E-state index in [0.29, 0.717) is 17.5 Å². The molecule has 3 aromatic heterocycles. The third-order valence-electron chi connectivity index (χ3n) is 13.4. The van der Waals surface area contributed by atoms with Crippen molar-refractivity contribution in [2.45, 2.75) is 19.3 Å². The van der Waals surface area contributed by atoms with E-state index in [4.69, 9.17) is 19.4 Å². The predicted molar refractivity (Wildman–Crippen MR) is 266 cm³/mol. The third-order valence-corrected chi connectivity index (χ3v) is 13.4. The molecule has 13 rings (SSSR count). The number of benzene rings is 9. The summed E-state index contributed by atoms with van der Waals surface area (Å²) in [7, 11) is 0. The molecule has 0 unspecified atom stereocenters. The number of fused-ring (bicyclic) bond motifs is 10. The Balaban J connectivity index is 0.925. The minimum Gasteiger partial charge on any atom is -0.456 e. The summed E-state index contributed by atoms with van der Waals surface area (Å²) in [5.74, 6) is 1.78. The molecule has 65 heavy (non-hydrogen) atoms. The molecule has 0 fully saturated rings. The van der Waals surface area contributed by atoms with Gasteiger partial charge in [0.1, 0.15) is 11.2 Å².